The van der Waals surface area contributed by atoms with Gasteiger partial charge in [-0.15, -0.1) is 12.8 Å². The highest BCUT2D eigenvalue weighted by atomic mass is 16.5. The number of nitrogens with two attached hydrogens (primary N) is 1. The maximum atomic E-state index is 12.7. The van der Waals surface area contributed by atoms with Gasteiger partial charge >= 0.3 is 5.97 Å². The molecule has 156 valence electrons. The molecule has 2 rings (SSSR count). The van der Waals surface area contributed by atoms with Crippen molar-refractivity contribution in [2.75, 3.05) is 26.5 Å². The lowest BCUT2D eigenvalue weighted by Crippen LogP contribution is -2.27. The molecule has 0 aliphatic carbocycles. The molecule has 29 heavy (non-hydrogen) atoms. The maximum Gasteiger partial charge on any atom is 0.339 e. The van der Waals surface area contributed by atoms with Crippen LogP contribution in [0, 0.1) is 19.8 Å². The minimum absolute atomic E-state index is 0.0319. The molecule has 0 bridgehead atoms. The van der Waals surface area contributed by atoms with Gasteiger partial charge in [-0.05, 0) is 43.2 Å². The lowest BCUT2D eigenvalue weighted by Gasteiger charge is -2.25. The standard InChI is InChI=1S/C19H22N2O4.C2H2.CH4O/c1-4-6-15-16(22)7-5-8-21(15)11-17(23)13-9-12(2)18(20)14(10-13)19(24)25-3;2*1-2/h5-10,22H,4,11,20H2,1-3H3;1-2H;2H,1H3/b15-6-;;. The molecule has 1 aliphatic rings. The van der Waals surface area contributed by atoms with Gasteiger partial charge in [0, 0.05) is 24.6 Å². The number of carbonyl (C=O) groups excluding carboxylic acids is 2. The smallest absolute Gasteiger partial charge is 0.339 e. The molecule has 1 aromatic rings. The van der Waals surface area contributed by atoms with Crippen LogP contribution in [0.1, 0.15) is 39.6 Å². The Morgan fingerprint density at radius 3 is 2.45 bits per heavy atom. The van der Waals surface area contributed by atoms with E-state index in [-0.39, 0.29) is 23.7 Å². The van der Waals surface area contributed by atoms with Crippen molar-refractivity contribution < 1.29 is 24.5 Å². The SMILES string of the molecule is C#C.CC/C=C1/C(O)=CC=CN1CC(=O)c1cc(C)c(N)c(C(=O)OC)c1.CO. The van der Waals surface area contributed by atoms with Crippen molar-refractivity contribution in [2.24, 2.45) is 0 Å². The minimum Gasteiger partial charge on any atom is -0.506 e. The first kappa shape index (κ1) is 25.5. The van der Waals surface area contributed by atoms with Gasteiger partial charge in [-0.3, -0.25) is 4.79 Å². The third-order valence-electron chi connectivity index (χ3n) is 3.92. The first-order valence-electron chi connectivity index (χ1n) is 8.73. The number of nitrogen functional groups attached to an aromatic ring is 1. The zero-order valence-electron chi connectivity index (χ0n) is 17.2. The summed E-state index contributed by atoms with van der Waals surface area (Å²) in [7, 11) is 2.26. The van der Waals surface area contributed by atoms with E-state index < -0.39 is 5.97 Å². The predicted molar refractivity (Wildman–Crippen MR) is 114 cm³/mol. The van der Waals surface area contributed by atoms with Crippen molar-refractivity contribution in [2.45, 2.75) is 20.3 Å². The first-order chi connectivity index (χ1) is 13.9. The number of ether oxygens (including phenoxy) is 1. The van der Waals surface area contributed by atoms with Gasteiger partial charge in [-0.2, -0.15) is 0 Å². The van der Waals surface area contributed by atoms with Crippen LogP contribution >= 0.6 is 0 Å². The molecule has 1 aromatic carbocycles. The first-order valence-corrected chi connectivity index (χ1v) is 8.73. The number of aliphatic hydroxyl groups is 2. The van der Waals surface area contributed by atoms with Gasteiger partial charge in [-0.1, -0.05) is 13.0 Å². The number of hydrogen-bond acceptors (Lipinski definition) is 7. The number of nitrogens with zero attached hydrogens (tertiary/aromatic N) is 1. The highest BCUT2D eigenvalue weighted by Crippen LogP contribution is 2.23. The van der Waals surface area contributed by atoms with Crippen LogP contribution in [0.25, 0.3) is 0 Å². The van der Waals surface area contributed by atoms with E-state index in [1.807, 2.05) is 13.0 Å². The van der Waals surface area contributed by atoms with Crippen LogP contribution in [0.5, 0.6) is 0 Å². The number of methoxy groups -OCH3 is 1. The van der Waals surface area contributed by atoms with E-state index in [1.54, 1.807) is 36.2 Å². The number of esters is 1. The molecule has 0 amide bonds. The number of rotatable bonds is 5. The van der Waals surface area contributed by atoms with Crippen molar-refractivity contribution in [3.05, 3.63) is 64.7 Å². The number of benzene rings is 1. The average molecular weight is 400 g/mol. The Bertz CT molecular complexity index is 835. The van der Waals surface area contributed by atoms with E-state index in [0.29, 0.717) is 22.5 Å². The topological polar surface area (TPSA) is 113 Å². The third-order valence-corrected chi connectivity index (χ3v) is 3.92. The van der Waals surface area contributed by atoms with E-state index in [2.05, 4.69) is 12.8 Å². The van der Waals surface area contributed by atoms with Crippen LogP contribution < -0.4 is 5.73 Å². The van der Waals surface area contributed by atoms with Crippen molar-refractivity contribution in [1.29, 1.82) is 0 Å². The van der Waals surface area contributed by atoms with E-state index in [4.69, 9.17) is 15.6 Å². The number of aryl methyl sites for hydroxylation is 1. The van der Waals surface area contributed by atoms with Gasteiger partial charge in [0.1, 0.15) is 5.76 Å². The fraction of sp³-hybridized carbons (Fsp3) is 0.273. The molecule has 1 heterocycles. The van der Waals surface area contributed by atoms with Crippen LogP contribution in [0.3, 0.4) is 0 Å². The summed E-state index contributed by atoms with van der Waals surface area (Å²) >= 11 is 0. The van der Waals surface area contributed by atoms with Crippen molar-refractivity contribution in [3.8, 4) is 12.8 Å². The normalized spacial score (nSPS) is 13.4. The van der Waals surface area contributed by atoms with Gasteiger partial charge in [0.05, 0.1) is 24.9 Å². The summed E-state index contributed by atoms with van der Waals surface area (Å²) in [6.07, 6.45) is 15.5. The fourth-order valence-electron chi connectivity index (χ4n) is 2.59. The van der Waals surface area contributed by atoms with Crippen LogP contribution in [0.2, 0.25) is 0 Å². The fourth-order valence-corrected chi connectivity index (χ4v) is 2.59. The molecule has 0 unspecified atom stereocenters. The van der Waals surface area contributed by atoms with Gasteiger partial charge in [-0.25, -0.2) is 4.79 Å². The van der Waals surface area contributed by atoms with Gasteiger partial charge in [0.2, 0.25) is 0 Å². The van der Waals surface area contributed by atoms with Crippen LogP contribution in [-0.4, -0.2) is 47.6 Å². The maximum absolute atomic E-state index is 12.7. The van der Waals surface area contributed by atoms with E-state index in [1.165, 1.54) is 13.2 Å². The third kappa shape index (κ3) is 6.55. The second-order valence-corrected chi connectivity index (χ2v) is 5.69. The van der Waals surface area contributed by atoms with Crippen molar-refractivity contribution >= 4 is 17.4 Å². The minimum atomic E-state index is -0.583. The average Bonchev–Trinajstić information content (AvgIpc) is 2.74. The largest absolute Gasteiger partial charge is 0.506 e. The predicted octanol–water partition coefficient (Wildman–Crippen LogP) is 2.97. The summed E-state index contributed by atoms with van der Waals surface area (Å²) in [5.74, 6) is -0.671. The Labute approximate surface area is 171 Å². The van der Waals surface area contributed by atoms with Gasteiger partial charge in [0.25, 0.3) is 0 Å². The van der Waals surface area contributed by atoms with E-state index >= 15 is 0 Å². The Hall–Kier alpha value is -3.50. The van der Waals surface area contributed by atoms with Crippen molar-refractivity contribution in [1.82, 2.24) is 4.90 Å². The number of hydrogen-bond donors (Lipinski definition) is 3. The number of terminal acetylenes is 1. The highest BCUT2D eigenvalue weighted by Gasteiger charge is 2.20. The van der Waals surface area contributed by atoms with E-state index in [0.717, 1.165) is 13.5 Å². The summed E-state index contributed by atoms with van der Waals surface area (Å²) < 4.78 is 4.72. The molecule has 0 saturated heterocycles. The molecule has 7 nitrogen and oxygen atoms in total. The Morgan fingerprint density at radius 2 is 1.90 bits per heavy atom. The summed E-state index contributed by atoms with van der Waals surface area (Å²) in [5.41, 5.74) is 7.96. The van der Waals surface area contributed by atoms with Crippen LogP contribution in [0.15, 0.2) is 48.0 Å². The molecule has 1 aliphatic heterocycles. The molecule has 7 heteroatoms. The number of anilines is 1. The Morgan fingerprint density at radius 1 is 1.28 bits per heavy atom. The Balaban J connectivity index is 0.00000184. The lowest BCUT2D eigenvalue weighted by atomic mass is 10.0. The van der Waals surface area contributed by atoms with Crippen LogP contribution in [-0.2, 0) is 4.74 Å². The molecular formula is C22H28N2O5. The monoisotopic (exact) mass is 400 g/mol. The second kappa shape index (κ2) is 12.8. The number of aliphatic hydroxyl groups excluding tert-OH is 2. The number of allylic oxidation sites excluding steroid dienone is 3. The molecule has 4 N–H and O–H groups in total. The zero-order valence-corrected chi connectivity index (χ0v) is 17.2. The molecule has 0 atom stereocenters. The number of carbonyl (C=O) groups is 2. The molecule has 0 saturated carbocycles. The van der Waals surface area contributed by atoms with Gasteiger partial charge < -0.3 is 25.6 Å². The Kier molecular flexibility index (Phi) is 11.3. The quantitative estimate of drug-likeness (QED) is 0.301. The summed E-state index contributed by atoms with van der Waals surface area (Å²) in [6, 6.07) is 3.10. The lowest BCUT2D eigenvalue weighted by molar-refractivity contribution is 0.0602. The van der Waals surface area contributed by atoms with E-state index in [9.17, 15) is 14.7 Å². The molecular weight excluding hydrogens is 372 g/mol. The number of ketones is 1. The summed E-state index contributed by atoms with van der Waals surface area (Å²) in [4.78, 5) is 26.2. The zero-order chi connectivity index (χ0) is 22.6. The number of Topliss-reactive ketones (excluding diaryl/α,β-unsaturated/α-hetero) is 1. The summed E-state index contributed by atoms with van der Waals surface area (Å²) in [6.45, 7) is 3.71. The van der Waals surface area contributed by atoms with Crippen LogP contribution in [0.4, 0.5) is 5.69 Å². The van der Waals surface area contributed by atoms with Crippen molar-refractivity contribution in [3.63, 3.8) is 0 Å². The molecule has 0 fully saturated rings. The second-order valence-electron chi connectivity index (χ2n) is 5.69. The molecule has 0 radical (unpaired) electrons. The molecule has 0 spiro atoms. The van der Waals surface area contributed by atoms with Gasteiger partial charge in [0.15, 0.2) is 5.78 Å². The summed E-state index contributed by atoms with van der Waals surface area (Å²) in [5, 5.41) is 17.0. The highest BCUT2D eigenvalue weighted by molar-refractivity contribution is 6.03. The molecule has 0 aromatic heterocycles.